The van der Waals surface area contributed by atoms with Crippen LogP contribution in [0.3, 0.4) is 0 Å². The molecule has 2 aromatic rings. The van der Waals surface area contributed by atoms with Gasteiger partial charge in [-0.1, -0.05) is 60.7 Å². The van der Waals surface area contributed by atoms with E-state index < -0.39 is 22.9 Å². The Labute approximate surface area is 173 Å². The van der Waals surface area contributed by atoms with Gasteiger partial charge in [-0.2, -0.15) is 0 Å². The molecule has 0 fully saturated rings. The molecule has 0 radical (unpaired) electrons. The maximum atomic E-state index is 11.9. The van der Waals surface area contributed by atoms with Gasteiger partial charge in [0.2, 0.25) is 0 Å². The highest BCUT2D eigenvalue weighted by molar-refractivity contribution is 5.80. The number of hydrogen-bond acceptors (Lipinski definition) is 3. The van der Waals surface area contributed by atoms with Crippen molar-refractivity contribution < 1.29 is 19.8 Å². The summed E-state index contributed by atoms with van der Waals surface area (Å²) < 4.78 is 0. The lowest BCUT2D eigenvalue weighted by molar-refractivity contribution is -0.143. The van der Waals surface area contributed by atoms with Gasteiger partial charge in [0, 0.05) is 5.41 Å². The van der Waals surface area contributed by atoms with Crippen LogP contribution in [0.25, 0.3) is 0 Å². The third-order valence-corrected chi connectivity index (χ3v) is 6.02. The Morgan fingerprint density at radius 1 is 0.897 bits per heavy atom. The van der Waals surface area contributed by atoms with E-state index in [2.05, 4.69) is 0 Å². The van der Waals surface area contributed by atoms with Crippen LogP contribution in [0, 0.1) is 0 Å². The molecule has 0 aliphatic heterocycles. The summed E-state index contributed by atoms with van der Waals surface area (Å²) in [6.45, 7) is 3.67. The number of aldehydes is 1. The number of aliphatic hydroxyl groups excluding tert-OH is 1. The number of aliphatic carboxylic acids is 1. The fourth-order valence-corrected chi connectivity index (χ4v) is 3.81. The first-order chi connectivity index (χ1) is 13.8. The van der Waals surface area contributed by atoms with E-state index in [0.717, 1.165) is 23.8 Å². The molecular formula is C25H32O4. The van der Waals surface area contributed by atoms with Crippen molar-refractivity contribution in [3.05, 3.63) is 71.8 Å². The summed E-state index contributed by atoms with van der Waals surface area (Å²) in [7, 11) is 0. The summed E-state index contributed by atoms with van der Waals surface area (Å²) in [5.74, 6) is -0.845. The van der Waals surface area contributed by atoms with Gasteiger partial charge in [-0.05, 0) is 63.5 Å². The van der Waals surface area contributed by atoms with Crippen LogP contribution in [0.2, 0.25) is 0 Å². The molecule has 2 N–H and O–H groups in total. The average molecular weight is 397 g/mol. The van der Waals surface area contributed by atoms with Crippen molar-refractivity contribution in [2.75, 3.05) is 0 Å². The molecule has 0 aliphatic rings. The summed E-state index contributed by atoms with van der Waals surface area (Å²) in [6.07, 6.45) is 4.17. The van der Waals surface area contributed by atoms with Gasteiger partial charge in [0.1, 0.15) is 6.29 Å². The molecule has 4 nitrogen and oxygen atoms in total. The monoisotopic (exact) mass is 396 g/mol. The molecule has 4 heteroatoms. The van der Waals surface area contributed by atoms with E-state index >= 15 is 0 Å². The molecule has 0 aromatic heterocycles. The number of carbonyl (C=O) groups is 2. The minimum Gasteiger partial charge on any atom is -0.481 e. The number of rotatable bonds is 12. The van der Waals surface area contributed by atoms with Gasteiger partial charge in [-0.3, -0.25) is 4.79 Å². The van der Waals surface area contributed by atoms with Crippen molar-refractivity contribution in [1.29, 1.82) is 0 Å². The zero-order valence-corrected chi connectivity index (χ0v) is 17.4. The van der Waals surface area contributed by atoms with Crippen LogP contribution in [-0.4, -0.2) is 28.6 Å². The second-order valence-electron chi connectivity index (χ2n) is 8.34. The van der Waals surface area contributed by atoms with E-state index in [-0.39, 0.29) is 0 Å². The van der Waals surface area contributed by atoms with Crippen LogP contribution in [0.5, 0.6) is 0 Å². The number of carbonyl (C=O) groups excluding carboxylic acids is 1. The molecule has 3 atom stereocenters. The molecule has 0 heterocycles. The number of hydrogen-bond donors (Lipinski definition) is 2. The van der Waals surface area contributed by atoms with Gasteiger partial charge in [0.15, 0.2) is 0 Å². The molecule has 0 amide bonds. The average Bonchev–Trinajstić information content (AvgIpc) is 2.74. The molecule has 2 rings (SSSR count). The van der Waals surface area contributed by atoms with E-state index in [9.17, 15) is 19.8 Å². The third kappa shape index (κ3) is 6.01. The third-order valence-electron chi connectivity index (χ3n) is 6.02. The summed E-state index contributed by atoms with van der Waals surface area (Å²) in [5, 5.41) is 20.1. The molecular weight excluding hydrogens is 364 g/mol. The summed E-state index contributed by atoms with van der Waals surface area (Å²) in [5.41, 5.74) is 0.275. The predicted octanol–water partition coefficient (Wildman–Crippen LogP) is 4.89. The van der Waals surface area contributed by atoms with Crippen LogP contribution >= 0.6 is 0 Å². The maximum Gasteiger partial charge on any atom is 0.313 e. The standard InChI is InChI=1S/C25H32O4/c1-24(19-26,20-11-5-3-6-12-20)17-9-15-22(27)16-10-18-25(2,23(28)29)21-13-7-4-8-14-21/h3-8,11-14,19,22,27H,9-10,15-18H2,1-2H3,(H,28,29). The van der Waals surface area contributed by atoms with Crippen LogP contribution in [0.1, 0.15) is 63.5 Å². The van der Waals surface area contributed by atoms with Crippen molar-refractivity contribution in [1.82, 2.24) is 0 Å². The van der Waals surface area contributed by atoms with E-state index in [1.807, 2.05) is 67.6 Å². The van der Waals surface area contributed by atoms with Crippen molar-refractivity contribution in [2.24, 2.45) is 0 Å². The van der Waals surface area contributed by atoms with Gasteiger partial charge in [-0.15, -0.1) is 0 Å². The quantitative estimate of drug-likeness (QED) is 0.501. The summed E-state index contributed by atoms with van der Waals surface area (Å²) in [4.78, 5) is 23.5. The lowest BCUT2D eigenvalue weighted by Crippen LogP contribution is -2.32. The first-order valence-corrected chi connectivity index (χ1v) is 10.3. The molecule has 3 unspecified atom stereocenters. The molecule has 0 saturated carbocycles. The fraction of sp³-hybridized carbons (Fsp3) is 0.440. The van der Waals surface area contributed by atoms with Crippen LogP contribution in [-0.2, 0) is 20.4 Å². The van der Waals surface area contributed by atoms with Crippen LogP contribution in [0.15, 0.2) is 60.7 Å². The van der Waals surface area contributed by atoms with Crippen molar-refractivity contribution in [2.45, 2.75) is 69.3 Å². The van der Waals surface area contributed by atoms with Crippen molar-refractivity contribution in [3.8, 4) is 0 Å². The number of carboxylic acid groups (broad SMARTS) is 1. The first kappa shape index (κ1) is 22.8. The van der Waals surface area contributed by atoms with Crippen molar-refractivity contribution >= 4 is 12.3 Å². The minimum absolute atomic E-state index is 0.472. The molecule has 0 bridgehead atoms. The van der Waals surface area contributed by atoms with Gasteiger partial charge < -0.3 is 15.0 Å². The van der Waals surface area contributed by atoms with E-state index in [0.29, 0.717) is 32.1 Å². The lowest BCUT2D eigenvalue weighted by Gasteiger charge is -2.26. The maximum absolute atomic E-state index is 11.9. The fourth-order valence-electron chi connectivity index (χ4n) is 3.81. The topological polar surface area (TPSA) is 74.6 Å². The van der Waals surface area contributed by atoms with E-state index in [4.69, 9.17) is 0 Å². The number of carboxylic acids is 1. The van der Waals surface area contributed by atoms with Gasteiger partial charge >= 0.3 is 5.97 Å². The molecule has 29 heavy (non-hydrogen) atoms. The number of aliphatic hydroxyl groups is 1. The summed E-state index contributed by atoms with van der Waals surface area (Å²) >= 11 is 0. The Balaban J connectivity index is 1.83. The highest BCUT2D eigenvalue weighted by Crippen LogP contribution is 2.31. The van der Waals surface area contributed by atoms with E-state index in [1.165, 1.54) is 0 Å². The summed E-state index contributed by atoms with van der Waals surface area (Å²) in [6, 6.07) is 19.0. The molecule has 0 aliphatic carbocycles. The Kier molecular flexibility index (Phi) is 8.15. The van der Waals surface area contributed by atoms with Gasteiger partial charge in [0.05, 0.1) is 11.5 Å². The Bertz CT molecular complexity index is 774. The van der Waals surface area contributed by atoms with E-state index in [1.54, 1.807) is 6.92 Å². The lowest BCUT2D eigenvalue weighted by atomic mass is 9.77. The predicted molar refractivity (Wildman–Crippen MR) is 115 cm³/mol. The van der Waals surface area contributed by atoms with Gasteiger partial charge in [0.25, 0.3) is 0 Å². The van der Waals surface area contributed by atoms with Crippen LogP contribution in [0.4, 0.5) is 0 Å². The second-order valence-corrected chi connectivity index (χ2v) is 8.34. The minimum atomic E-state index is -0.954. The Morgan fingerprint density at radius 2 is 1.38 bits per heavy atom. The SMILES string of the molecule is CC(C=O)(CCCC(O)CCCC(C)(C(=O)O)c1ccccc1)c1ccccc1. The largest absolute Gasteiger partial charge is 0.481 e. The van der Waals surface area contributed by atoms with Crippen molar-refractivity contribution in [3.63, 3.8) is 0 Å². The van der Waals surface area contributed by atoms with Gasteiger partial charge in [-0.25, -0.2) is 0 Å². The highest BCUT2D eigenvalue weighted by Gasteiger charge is 2.34. The zero-order chi connectivity index (χ0) is 21.3. The second kappa shape index (κ2) is 10.4. The normalized spacial score (nSPS) is 16.4. The molecule has 0 spiro atoms. The molecule has 2 aromatic carbocycles. The Hall–Kier alpha value is -2.46. The van der Waals surface area contributed by atoms with Crippen LogP contribution < -0.4 is 0 Å². The smallest absolute Gasteiger partial charge is 0.313 e. The molecule has 156 valence electrons. The Morgan fingerprint density at radius 3 is 1.86 bits per heavy atom. The molecule has 0 saturated heterocycles. The number of benzene rings is 2. The zero-order valence-electron chi connectivity index (χ0n) is 17.4. The highest BCUT2D eigenvalue weighted by atomic mass is 16.4. The first-order valence-electron chi connectivity index (χ1n) is 10.3.